The number of carbonyl (C=O) groups excluding carboxylic acids is 1. The van der Waals surface area contributed by atoms with E-state index in [1.54, 1.807) is 0 Å². The van der Waals surface area contributed by atoms with E-state index in [1.165, 1.54) is 17.3 Å². The van der Waals surface area contributed by atoms with Crippen molar-refractivity contribution in [3.8, 4) is 17.1 Å². The lowest BCUT2D eigenvalue weighted by atomic mass is 10.1. The summed E-state index contributed by atoms with van der Waals surface area (Å²) in [5, 5.41) is 12.5. The molecular formula is C25H24N4OS. The van der Waals surface area contributed by atoms with Crippen LogP contribution in [0, 0.1) is 20.8 Å². The second-order valence-corrected chi connectivity index (χ2v) is 8.50. The number of anilines is 1. The molecule has 0 aliphatic heterocycles. The van der Waals surface area contributed by atoms with Crippen LogP contribution in [0.2, 0.25) is 0 Å². The highest BCUT2D eigenvalue weighted by molar-refractivity contribution is 7.99. The summed E-state index contributed by atoms with van der Waals surface area (Å²) in [7, 11) is 0. The molecule has 0 unspecified atom stereocenters. The van der Waals surface area contributed by atoms with E-state index in [2.05, 4.69) is 40.6 Å². The van der Waals surface area contributed by atoms with Crippen molar-refractivity contribution in [3.05, 3.63) is 89.5 Å². The first-order chi connectivity index (χ1) is 15.0. The smallest absolute Gasteiger partial charge is 0.234 e. The number of carbonyl (C=O) groups is 1. The molecule has 3 aromatic carbocycles. The van der Waals surface area contributed by atoms with Crippen molar-refractivity contribution in [1.82, 2.24) is 14.8 Å². The van der Waals surface area contributed by atoms with Gasteiger partial charge in [-0.3, -0.25) is 9.36 Å². The van der Waals surface area contributed by atoms with Crippen LogP contribution in [0.15, 0.2) is 78.0 Å². The van der Waals surface area contributed by atoms with Gasteiger partial charge in [-0.15, -0.1) is 10.2 Å². The lowest BCUT2D eigenvalue weighted by Gasteiger charge is -2.11. The molecule has 1 aromatic heterocycles. The SMILES string of the molecule is Cc1ccc(-n2c(SCC(=O)Nc3cc(C)cc(C)c3)nnc2-c2ccccc2)cc1. The Balaban J connectivity index is 1.58. The highest BCUT2D eigenvalue weighted by atomic mass is 32.2. The summed E-state index contributed by atoms with van der Waals surface area (Å²) < 4.78 is 2.00. The maximum atomic E-state index is 12.6. The van der Waals surface area contributed by atoms with Crippen molar-refractivity contribution < 1.29 is 4.79 Å². The first kappa shape index (κ1) is 20.9. The lowest BCUT2D eigenvalue weighted by Crippen LogP contribution is -2.14. The summed E-state index contributed by atoms with van der Waals surface area (Å²) in [6, 6.07) is 24.2. The molecule has 156 valence electrons. The van der Waals surface area contributed by atoms with Crippen LogP contribution in [0.5, 0.6) is 0 Å². The topological polar surface area (TPSA) is 59.8 Å². The van der Waals surface area contributed by atoms with Gasteiger partial charge in [0.25, 0.3) is 0 Å². The zero-order valence-electron chi connectivity index (χ0n) is 17.8. The molecule has 0 bridgehead atoms. The molecule has 31 heavy (non-hydrogen) atoms. The highest BCUT2D eigenvalue weighted by Gasteiger charge is 2.17. The van der Waals surface area contributed by atoms with Gasteiger partial charge in [0, 0.05) is 16.9 Å². The predicted octanol–water partition coefficient (Wildman–Crippen LogP) is 5.59. The molecule has 1 heterocycles. The third-order valence-electron chi connectivity index (χ3n) is 4.80. The Morgan fingerprint density at radius 3 is 2.23 bits per heavy atom. The van der Waals surface area contributed by atoms with E-state index < -0.39 is 0 Å². The monoisotopic (exact) mass is 428 g/mol. The summed E-state index contributed by atoms with van der Waals surface area (Å²) >= 11 is 1.37. The zero-order chi connectivity index (χ0) is 21.8. The van der Waals surface area contributed by atoms with Crippen LogP contribution in [0.1, 0.15) is 16.7 Å². The highest BCUT2D eigenvalue weighted by Crippen LogP contribution is 2.28. The van der Waals surface area contributed by atoms with E-state index in [9.17, 15) is 4.79 Å². The van der Waals surface area contributed by atoms with Crippen LogP contribution in [0.3, 0.4) is 0 Å². The predicted molar refractivity (Wildman–Crippen MR) is 127 cm³/mol. The van der Waals surface area contributed by atoms with Gasteiger partial charge in [0.1, 0.15) is 0 Å². The van der Waals surface area contributed by atoms with Gasteiger partial charge in [-0.1, -0.05) is 65.9 Å². The molecule has 0 saturated heterocycles. The Bertz CT molecular complexity index is 1180. The standard InChI is InChI=1S/C25H24N4OS/c1-17-9-11-22(12-10-17)29-24(20-7-5-4-6-8-20)27-28-25(29)31-16-23(30)26-21-14-18(2)13-19(3)15-21/h4-15H,16H2,1-3H3,(H,26,30). The first-order valence-corrected chi connectivity index (χ1v) is 11.1. The van der Waals surface area contributed by atoms with Gasteiger partial charge in [-0.05, 0) is 56.2 Å². The second-order valence-electron chi connectivity index (χ2n) is 7.56. The summed E-state index contributed by atoms with van der Waals surface area (Å²) in [4.78, 5) is 12.6. The molecule has 0 fully saturated rings. The van der Waals surface area contributed by atoms with E-state index in [1.807, 2.05) is 73.0 Å². The van der Waals surface area contributed by atoms with E-state index in [4.69, 9.17) is 0 Å². The maximum Gasteiger partial charge on any atom is 0.234 e. The maximum absolute atomic E-state index is 12.6. The molecule has 1 N–H and O–H groups in total. The number of aromatic nitrogens is 3. The molecule has 0 aliphatic rings. The van der Waals surface area contributed by atoms with E-state index in [0.717, 1.165) is 33.9 Å². The number of nitrogens with one attached hydrogen (secondary N) is 1. The van der Waals surface area contributed by atoms with Crippen LogP contribution in [0.25, 0.3) is 17.1 Å². The zero-order valence-corrected chi connectivity index (χ0v) is 18.6. The second kappa shape index (κ2) is 9.18. The van der Waals surface area contributed by atoms with E-state index in [-0.39, 0.29) is 11.7 Å². The number of benzene rings is 3. The van der Waals surface area contributed by atoms with Crippen LogP contribution in [0.4, 0.5) is 5.69 Å². The Morgan fingerprint density at radius 2 is 1.55 bits per heavy atom. The Labute approximate surface area is 186 Å². The molecule has 0 radical (unpaired) electrons. The Morgan fingerprint density at radius 1 is 0.871 bits per heavy atom. The van der Waals surface area contributed by atoms with Crippen molar-refractivity contribution in [2.45, 2.75) is 25.9 Å². The molecule has 5 nitrogen and oxygen atoms in total. The van der Waals surface area contributed by atoms with Gasteiger partial charge in [0.2, 0.25) is 5.91 Å². The van der Waals surface area contributed by atoms with Crippen molar-refractivity contribution >= 4 is 23.4 Å². The van der Waals surface area contributed by atoms with Gasteiger partial charge < -0.3 is 5.32 Å². The normalized spacial score (nSPS) is 10.8. The molecule has 0 spiro atoms. The average Bonchev–Trinajstić information content (AvgIpc) is 3.17. The number of aryl methyl sites for hydroxylation is 3. The van der Waals surface area contributed by atoms with Crippen LogP contribution in [-0.4, -0.2) is 26.4 Å². The molecule has 4 aromatic rings. The minimum Gasteiger partial charge on any atom is -0.325 e. The third-order valence-corrected chi connectivity index (χ3v) is 5.72. The number of thioether (sulfide) groups is 1. The fourth-order valence-electron chi connectivity index (χ4n) is 3.44. The summed E-state index contributed by atoms with van der Waals surface area (Å²) in [6.07, 6.45) is 0. The molecule has 0 atom stereocenters. The van der Waals surface area contributed by atoms with Crippen molar-refractivity contribution in [3.63, 3.8) is 0 Å². The number of hydrogen-bond acceptors (Lipinski definition) is 4. The molecule has 0 aliphatic carbocycles. The van der Waals surface area contributed by atoms with Crippen molar-refractivity contribution in [2.75, 3.05) is 11.1 Å². The number of nitrogens with zero attached hydrogens (tertiary/aromatic N) is 3. The number of hydrogen-bond donors (Lipinski definition) is 1. The molecule has 0 saturated carbocycles. The largest absolute Gasteiger partial charge is 0.325 e. The summed E-state index contributed by atoms with van der Waals surface area (Å²) in [6.45, 7) is 6.10. The first-order valence-electron chi connectivity index (χ1n) is 10.1. The van der Waals surface area contributed by atoms with Gasteiger partial charge in [0.05, 0.1) is 5.75 Å². The minimum absolute atomic E-state index is 0.0743. The van der Waals surface area contributed by atoms with Crippen LogP contribution in [-0.2, 0) is 4.79 Å². The summed E-state index contributed by atoms with van der Waals surface area (Å²) in [5.41, 5.74) is 6.17. The average molecular weight is 429 g/mol. The van der Waals surface area contributed by atoms with Gasteiger partial charge >= 0.3 is 0 Å². The molecular weight excluding hydrogens is 404 g/mol. The van der Waals surface area contributed by atoms with Gasteiger partial charge in [-0.25, -0.2) is 0 Å². The number of rotatable bonds is 6. The van der Waals surface area contributed by atoms with E-state index >= 15 is 0 Å². The van der Waals surface area contributed by atoms with Crippen molar-refractivity contribution in [1.29, 1.82) is 0 Å². The van der Waals surface area contributed by atoms with Gasteiger partial charge in [0.15, 0.2) is 11.0 Å². The Kier molecular flexibility index (Phi) is 6.18. The Hall–Kier alpha value is -3.38. The lowest BCUT2D eigenvalue weighted by molar-refractivity contribution is -0.113. The van der Waals surface area contributed by atoms with Crippen LogP contribution < -0.4 is 5.32 Å². The van der Waals surface area contributed by atoms with Crippen molar-refractivity contribution in [2.24, 2.45) is 0 Å². The minimum atomic E-state index is -0.0743. The molecule has 1 amide bonds. The number of amides is 1. The fraction of sp³-hybridized carbons (Fsp3) is 0.160. The molecule has 4 rings (SSSR count). The summed E-state index contributed by atoms with van der Waals surface area (Å²) in [5.74, 6) is 0.919. The molecule has 6 heteroatoms. The van der Waals surface area contributed by atoms with Gasteiger partial charge in [-0.2, -0.15) is 0 Å². The fourth-order valence-corrected chi connectivity index (χ4v) is 4.19. The quantitative estimate of drug-likeness (QED) is 0.407. The third kappa shape index (κ3) is 5.03. The van der Waals surface area contributed by atoms with E-state index in [0.29, 0.717) is 5.16 Å². The van der Waals surface area contributed by atoms with Crippen LogP contribution >= 0.6 is 11.8 Å².